The molecular formula is C16H19N5. The Morgan fingerprint density at radius 2 is 1.90 bits per heavy atom. The van der Waals surface area contributed by atoms with Crippen molar-refractivity contribution in [2.45, 2.75) is 13.0 Å². The van der Waals surface area contributed by atoms with Crippen molar-refractivity contribution in [1.82, 2.24) is 14.9 Å². The summed E-state index contributed by atoms with van der Waals surface area (Å²) < 4.78 is 0. The molecule has 1 aliphatic rings. The molecule has 1 N–H and O–H groups in total. The minimum absolute atomic E-state index is 0.372. The molecular weight excluding hydrogens is 262 g/mol. The summed E-state index contributed by atoms with van der Waals surface area (Å²) in [4.78, 5) is 12.2. The molecule has 0 aliphatic carbocycles. The molecule has 21 heavy (non-hydrogen) atoms. The summed E-state index contributed by atoms with van der Waals surface area (Å²) in [6, 6.07) is 10.4. The van der Waals surface area contributed by atoms with Gasteiger partial charge in [-0.25, -0.2) is 4.98 Å². The highest BCUT2D eigenvalue weighted by Crippen LogP contribution is 2.22. The number of aromatic amines is 1. The Morgan fingerprint density at radius 3 is 2.48 bits per heavy atom. The predicted octanol–water partition coefficient (Wildman–Crippen LogP) is 2.16. The van der Waals surface area contributed by atoms with Crippen LogP contribution in [0.2, 0.25) is 0 Å². The normalized spacial score (nSPS) is 17.4. The molecule has 0 saturated carbocycles. The lowest BCUT2D eigenvalue weighted by atomic mass is 10.0. The molecule has 1 aromatic carbocycles. The van der Waals surface area contributed by atoms with Gasteiger partial charge in [0.2, 0.25) is 5.95 Å². The van der Waals surface area contributed by atoms with Crippen molar-refractivity contribution in [3.05, 3.63) is 47.8 Å². The van der Waals surface area contributed by atoms with Gasteiger partial charge in [-0.05, 0) is 24.6 Å². The van der Waals surface area contributed by atoms with Crippen molar-refractivity contribution in [3.8, 4) is 6.07 Å². The molecule has 0 amide bonds. The molecule has 0 spiro atoms. The van der Waals surface area contributed by atoms with Crippen molar-refractivity contribution in [3.63, 3.8) is 0 Å². The van der Waals surface area contributed by atoms with Crippen molar-refractivity contribution in [1.29, 1.82) is 5.26 Å². The maximum Gasteiger partial charge on any atom is 0.202 e. The van der Waals surface area contributed by atoms with Gasteiger partial charge in [-0.3, -0.25) is 4.90 Å². The Balaban J connectivity index is 1.62. The molecule has 1 atom stereocenters. The van der Waals surface area contributed by atoms with Crippen LogP contribution in [-0.4, -0.2) is 41.0 Å². The van der Waals surface area contributed by atoms with Crippen LogP contribution in [0.3, 0.4) is 0 Å². The van der Waals surface area contributed by atoms with E-state index in [0.717, 1.165) is 32.1 Å². The zero-order valence-corrected chi connectivity index (χ0v) is 12.2. The Hall–Kier alpha value is -2.32. The maximum absolute atomic E-state index is 8.86. The highest BCUT2D eigenvalue weighted by molar-refractivity contribution is 5.33. The molecule has 2 heterocycles. The number of imidazole rings is 1. The molecule has 1 aliphatic heterocycles. The van der Waals surface area contributed by atoms with E-state index in [2.05, 4.69) is 44.9 Å². The first kappa shape index (κ1) is 13.7. The van der Waals surface area contributed by atoms with E-state index in [9.17, 15) is 0 Å². The van der Waals surface area contributed by atoms with Crippen LogP contribution in [0.25, 0.3) is 0 Å². The Bertz CT molecular complexity index is 603. The van der Waals surface area contributed by atoms with Gasteiger partial charge in [-0.1, -0.05) is 12.1 Å². The van der Waals surface area contributed by atoms with Crippen LogP contribution in [0.1, 0.15) is 24.1 Å². The second-order valence-electron chi connectivity index (χ2n) is 5.35. The zero-order valence-electron chi connectivity index (χ0n) is 12.2. The summed E-state index contributed by atoms with van der Waals surface area (Å²) in [5.41, 5.74) is 1.98. The van der Waals surface area contributed by atoms with Crippen LogP contribution in [-0.2, 0) is 0 Å². The lowest BCUT2D eigenvalue weighted by molar-refractivity contribution is 0.198. The molecule has 0 unspecified atom stereocenters. The average molecular weight is 281 g/mol. The fourth-order valence-electron chi connectivity index (χ4n) is 2.80. The standard InChI is InChI=1S/C16H19N5/c1-13(15-4-2-14(12-17)3-5-15)20-8-10-21(11-9-20)16-18-6-7-19-16/h2-7,13H,8-11H2,1H3,(H,18,19)/t13-/m0/s1. The number of piperazine rings is 1. The van der Waals surface area contributed by atoms with E-state index >= 15 is 0 Å². The van der Waals surface area contributed by atoms with Gasteiger partial charge < -0.3 is 9.88 Å². The number of anilines is 1. The highest BCUT2D eigenvalue weighted by Gasteiger charge is 2.22. The quantitative estimate of drug-likeness (QED) is 0.936. The van der Waals surface area contributed by atoms with E-state index in [1.807, 2.05) is 18.3 Å². The topological polar surface area (TPSA) is 59.0 Å². The van der Waals surface area contributed by atoms with Crippen molar-refractivity contribution in [2.24, 2.45) is 0 Å². The lowest BCUT2D eigenvalue weighted by Gasteiger charge is -2.38. The maximum atomic E-state index is 8.86. The summed E-state index contributed by atoms with van der Waals surface area (Å²) in [6.45, 7) is 6.22. The van der Waals surface area contributed by atoms with E-state index in [4.69, 9.17) is 5.26 Å². The van der Waals surface area contributed by atoms with Crippen molar-refractivity contribution in [2.75, 3.05) is 31.1 Å². The first-order valence-electron chi connectivity index (χ1n) is 7.26. The summed E-state index contributed by atoms with van der Waals surface area (Å²) >= 11 is 0. The van der Waals surface area contributed by atoms with Gasteiger partial charge in [0.25, 0.3) is 0 Å². The Labute approximate surface area is 124 Å². The third-order valence-electron chi connectivity index (χ3n) is 4.17. The van der Waals surface area contributed by atoms with E-state index < -0.39 is 0 Å². The molecule has 2 aromatic rings. The number of hydrogen-bond donors (Lipinski definition) is 1. The minimum Gasteiger partial charge on any atom is -0.340 e. The number of nitrogens with zero attached hydrogens (tertiary/aromatic N) is 4. The van der Waals surface area contributed by atoms with Crippen LogP contribution >= 0.6 is 0 Å². The third kappa shape index (κ3) is 2.91. The number of aromatic nitrogens is 2. The molecule has 1 fully saturated rings. The smallest absolute Gasteiger partial charge is 0.202 e. The monoisotopic (exact) mass is 281 g/mol. The largest absolute Gasteiger partial charge is 0.340 e. The number of nitrogens with one attached hydrogen (secondary N) is 1. The summed E-state index contributed by atoms with van der Waals surface area (Å²) in [6.07, 6.45) is 3.65. The van der Waals surface area contributed by atoms with Crippen LogP contribution in [0, 0.1) is 11.3 Å². The number of H-pyrrole nitrogens is 1. The molecule has 5 heteroatoms. The van der Waals surface area contributed by atoms with E-state index in [-0.39, 0.29) is 0 Å². The number of nitriles is 1. The predicted molar refractivity (Wildman–Crippen MR) is 81.9 cm³/mol. The van der Waals surface area contributed by atoms with Gasteiger partial charge in [0.1, 0.15) is 0 Å². The molecule has 3 rings (SSSR count). The third-order valence-corrected chi connectivity index (χ3v) is 4.17. The highest BCUT2D eigenvalue weighted by atomic mass is 15.3. The van der Waals surface area contributed by atoms with E-state index in [1.54, 1.807) is 6.20 Å². The second kappa shape index (κ2) is 5.98. The number of hydrogen-bond acceptors (Lipinski definition) is 4. The molecule has 1 saturated heterocycles. The van der Waals surface area contributed by atoms with Crippen LogP contribution in [0.5, 0.6) is 0 Å². The van der Waals surface area contributed by atoms with Crippen molar-refractivity contribution >= 4 is 5.95 Å². The second-order valence-corrected chi connectivity index (χ2v) is 5.35. The van der Waals surface area contributed by atoms with Crippen LogP contribution in [0.15, 0.2) is 36.7 Å². The van der Waals surface area contributed by atoms with Crippen LogP contribution in [0.4, 0.5) is 5.95 Å². The Kier molecular flexibility index (Phi) is 3.89. The fourth-order valence-corrected chi connectivity index (χ4v) is 2.80. The lowest BCUT2D eigenvalue weighted by Crippen LogP contribution is -2.47. The van der Waals surface area contributed by atoms with Gasteiger partial charge in [-0.2, -0.15) is 5.26 Å². The van der Waals surface area contributed by atoms with Gasteiger partial charge in [0.15, 0.2) is 0 Å². The van der Waals surface area contributed by atoms with E-state index in [1.165, 1.54) is 5.56 Å². The van der Waals surface area contributed by atoms with Crippen molar-refractivity contribution < 1.29 is 0 Å². The summed E-state index contributed by atoms with van der Waals surface area (Å²) in [5, 5.41) is 8.86. The van der Waals surface area contributed by atoms with Gasteiger partial charge >= 0.3 is 0 Å². The average Bonchev–Trinajstić information content (AvgIpc) is 3.09. The van der Waals surface area contributed by atoms with Crippen LogP contribution < -0.4 is 4.90 Å². The zero-order chi connectivity index (χ0) is 14.7. The molecule has 1 aromatic heterocycles. The molecule has 5 nitrogen and oxygen atoms in total. The number of benzene rings is 1. The van der Waals surface area contributed by atoms with Gasteiger partial charge in [0.05, 0.1) is 11.6 Å². The SMILES string of the molecule is C[C@@H](c1ccc(C#N)cc1)N1CCN(c2ncc[nH]2)CC1. The first-order chi connectivity index (χ1) is 10.3. The minimum atomic E-state index is 0.372. The first-order valence-corrected chi connectivity index (χ1v) is 7.26. The van der Waals surface area contributed by atoms with Gasteiger partial charge in [-0.15, -0.1) is 0 Å². The Morgan fingerprint density at radius 1 is 1.19 bits per heavy atom. The molecule has 0 bridgehead atoms. The van der Waals surface area contributed by atoms with E-state index in [0.29, 0.717) is 11.6 Å². The number of rotatable bonds is 3. The summed E-state index contributed by atoms with van der Waals surface area (Å²) in [5.74, 6) is 0.959. The molecule has 108 valence electrons. The van der Waals surface area contributed by atoms with Gasteiger partial charge in [0, 0.05) is 44.6 Å². The fraction of sp³-hybridized carbons (Fsp3) is 0.375. The summed E-state index contributed by atoms with van der Waals surface area (Å²) in [7, 11) is 0. The molecule has 0 radical (unpaired) electrons.